The number of aliphatic hydroxyl groups excluding tert-OH is 4. The molecule has 26 heavy (non-hydrogen) atoms. The molecular weight excluding hydrogens is 338 g/mol. The van der Waals surface area contributed by atoms with Crippen molar-refractivity contribution in [1.29, 1.82) is 0 Å². The number of rotatable bonds is 0. The summed E-state index contributed by atoms with van der Waals surface area (Å²) in [6.45, 7) is 5.82. The summed E-state index contributed by atoms with van der Waals surface area (Å²) in [5.74, 6) is 0. The second kappa shape index (κ2) is 11.7. The molecule has 1 amide bonds. The molecule has 2 fully saturated rings. The van der Waals surface area contributed by atoms with Crippen LogP contribution in [0.3, 0.4) is 0 Å². The zero-order chi connectivity index (χ0) is 19.0. The largest absolute Gasteiger partial charge is 0.444 e. The highest BCUT2D eigenvalue weighted by atomic mass is 16.6. The first kappa shape index (κ1) is 25.1. The zero-order valence-electron chi connectivity index (χ0n) is 15.7. The summed E-state index contributed by atoms with van der Waals surface area (Å²) in [6, 6.07) is 0. The maximum absolute atomic E-state index is 11.7. The van der Waals surface area contributed by atoms with Crippen molar-refractivity contribution in [2.24, 2.45) is 0 Å². The molecule has 0 spiro atoms. The smallest absolute Gasteiger partial charge is 0.410 e. The van der Waals surface area contributed by atoms with Crippen LogP contribution in [0, 0.1) is 0 Å². The van der Waals surface area contributed by atoms with Gasteiger partial charge in [0.15, 0.2) is 0 Å². The first-order chi connectivity index (χ1) is 11.6. The second-order valence-electron chi connectivity index (χ2n) is 8.09. The van der Waals surface area contributed by atoms with E-state index in [1.54, 1.807) is 20.8 Å². The first-order valence-electron chi connectivity index (χ1n) is 9.27. The van der Waals surface area contributed by atoms with Crippen molar-refractivity contribution in [3.05, 3.63) is 0 Å². The van der Waals surface area contributed by atoms with E-state index in [2.05, 4.69) is 0 Å². The van der Waals surface area contributed by atoms with E-state index in [0.717, 1.165) is 32.1 Å². The van der Waals surface area contributed by atoms with Crippen LogP contribution in [-0.2, 0) is 4.74 Å². The standard InChI is InChI=1S/C11H21NO4.C7H14O2.CH4/c1-11(2,3)16-10(15)12-6-8(13)4-5-9(14)7-12;8-6-2-1-3-7(9)5-4-6;/h8-9,13-14H,4-7H2,1-3H3;6-9H,1-5H2;1H4/t8-,9+;6-,7+;. The van der Waals surface area contributed by atoms with E-state index >= 15 is 0 Å². The lowest BCUT2D eigenvalue weighted by Crippen LogP contribution is -2.42. The van der Waals surface area contributed by atoms with Gasteiger partial charge in [-0.1, -0.05) is 7.43 Å². The highest BCUT2D eigenvalue weighted by Gasteiger charge is 2.28. The number of amides is 1. The molecule has 7 heteroatoms. The Balaban J connectivity index is 0.000000532. The summed E-state index contributed by atoms with van der Waals surface area (Å²) in [6.07, 6.45) is 3.37. The van der Waals surface area contributed by atoms with Gasteiger partial charge in [0.05, 0.1) is 37.5 Å². The van der Waals surface area contributed by atoms with Crippen molar-refractivity contribution in [1.82, 2.24) is 4.90 Å². The number of nitrogens with zero attached hydrogens (tertiary/aromatic N) is 1. The zero-order valence-corrected chi connectivity index (χ0v) is 15.7. The molecule has 0 aromatic rings. The Kier molecular flexibility index (Phi) is 11.3. The molecule has 0 aromatic heterocycles. The first-order valence-corrected chi connectivity index (χ1v) is 9.27. The molecule has 2 aliphatic rings. The third-order valence-electron chi connectivity index (χ3n) is 4.25. The lowest BCUT2D eigenvalue weighted by Gasteiger charge is -2.27. The summed E-state index contributed by atoms with van der Waals surface area (Å²) >= 11 is 0. The van der Waals surface area contributed by atoms with Crippen LogP contribution in [0.15, 0.2) is 0 Å². The Hall–Kier alpha value is -0.890. The van der Waals surface area contributed by atoms with Gasteiger partial charge in [0, 0.05) is 0 Å². The normalized spacial score (nSPS) is 30.0. The molecule has 156 valence electrons. The SMILES string of the molecule is C.CC(C)(C)OC(=O)N1C[C@H](O)CC[C@H](O)C1.O[C@@H]1CCC[C@H](O)CC1. The van der Waals surface area contributed by atoms with Gasteiger partial charge in [-0.25, -0.2) is 4.79 Å². The van der Waals surface area contributed by atoms with Crippen LogP contribution in [0.5, 0.6) is 0 Å². The maximum atomic E-state index is 11.7. The summed E-state index contributed by atoms with van der Waals surface area (Å²) in [5.41, 5.74) is -0.556. The summed E-state index contributed by atoms with van der Waals surface area (Å²) in [7, 11) is 0. The van der Waals surface area contributed by atoms with E-state index in [9.17, 15) is 15.0 Å². The van der Waals surface area contributed by atoms with Crippen LogP contribution in [0.4, 0.5) is 4.79 Å². The number of carbonyl (C=O) groups is 1. The van der Waals surface area contributed by atoms with Gasteiger partial charge in [-0.3, -0.25) is 0 Å². The number of hydrogen-bond donors (Lipinski definition) is 4. The van der Waals surface area contributed by atoms with E-state index in [1.165, 1.54) is 4.90 Å². The molecular formula is C19H39NO6. The Bertz CT molecular complexity index is 376. The average Bonchev–Trinajstić information content (AvgIpc) is 2.77. The van der Waals surface area contributed by atoms with Crippen LogP contribution in [0.2, 0.25) is 0 Å². The van der Waals surface area contributed by atoms with Crippen LogP contribution >= 0.6 is 0 Å². The predicted molar refractivity (Wildman–Crippen MR) is 101 cm³/mol. The van der Waals surface area contributed by atoms with Crippen molar-refractivity contribution >= 4 is 6.09 Å². The molecule has 0 aromatic carbocycles. The third kappa shape index (κ3) is 11.0. The monoisotopic (exact) mass is 377 g/mol. The van der Waals surface area contributed by atoms with E-state index < -0.39 is 23.9 Å². The van der Waals surface area contributed by atoms with E-state index in [4.69, 9.17) is 14.9 Å². The van der Waals surface area contributed by atoms with Gasteiger partial charge in [0.1, 0.15) is 5.60 Å². The van der Waals surface area contributed by atoms with Crippen molar-refractivity contribution < 1.29 is 30.0 Å². The fourth-order valence-corrected chi connectivity index (χ4v) is 2.89. The molecule has 1 aliphatic heterocycles. The quantitative estimate of drug-likeness (QED) is 0.481. The van der Waals surface area contributed by atoms with Gasteiger partial charge >= 0.3 is 6.09 Å². The van der Waals surface area contributed by atoms with Gasteiger partial charge in [0.25, 0.3) is 0 Å². The Morgan fingerprint density at radius 1 is 0.808 bits per heavy atom. The number of ether oxygens (including phenoxy) is 1. The Morgan fingerprint density at radius 3 is 1.58 bits per heavy atom. The lowest BCUT2D eigenvalue weighted by molar-refractivity contribution is 0.0111. The Morgan fingerprint density at radius 2 is 1.19 bits per heavy atom. The summed E-state index contributed by atoms with van der Waals surface area (Å²) in [4.78, 5) is 13.1. The van der Waals surface area contributed by atoms with E-state index in [1.807, 2.05) is 0 Å². The van der Waals surface area contributed by atoms with Crippen molar-refractivity contribution in [2.45, 2.75) is 103 Å². The molecule has 0 bridgehead atoms. The number of likely N-dealkylation sites (tertiary alicyclic amines) is 1. The number of aliphatic hydroxyl groups is 4. The molecule has 2 rings (SSSR count). The molecule has 7 nitrogen and oxygen atoms in total. The fraction of sp³-hybridized carbons (Fsp3) is 0.947. The molecule has 0 radical (unpaired) electrons. The summed E-state index contributed by atoms with van der Waals surface area (Å²) in [5, 5.41) is 37.3. The second-order valence-corrected chi connectivity index (χ2v) is 8.09. The van der Waals surface area contributed by atoms with Gasteiger partial charge in [-0.15, -0.1) is 0 Å². The predicted octanol–water partition coefficient (Wildman–Crippen LogP) is 2.05. The van der Waals surface area contributed by atoms with Gasteiger partial charge < -0.3 is 30.1 Å². The van der Waals surface area contributed by atoms with Gasteiger partial charge in [0.2, 0.25) is 0 Å². The number of hydrogen-bond acceptors (Lipinski definition) is 6. The highest BCUT2D eigenvalue weighted by Crippen LogP contribution is 2.17. The molecule has 4 atom stereocenters. The van der Waals surface area contributed by atoms with Gasteiger partial charge in [-0.05, 0) is 65.7 Å². The Labute approximate surface area is 158 Å². The number of β-amino-alcohol motifs (C(OH)–C–C–N with tert-alkyl or cyclic N) is 2. The molecule has 0 unspecified atom stereocenters. The molecule has 1 saturated carbocycles. The minimum absolute atomic E-state index is 0. The minimum Gasteiger partial charge on any atom is -0.444 e. The minimum atomic E-state index is -0.579. The van der Waals surface area contributed by atoms with Crippen LogP contribution in [-0.4, -0.2) is 74.5 Å². The molecule has 1 heterocycles. The van der Waals surface area contributed by atoms with Crippen LogP contribution in [0.1, 0.15) is 73.1 Å². The molecule has 1 aliphatic carbocycles. The van der Waals surface area contributed by atoms with Gasteiger partial charge in [-0.2, -0.15) is 0 Å². The van der Waals surface area contributed by atoms with Crippen LogP contribution < -0.4 is 0 Å². The van der Waals surface area contributed by atoms with Crippen molar-refractivity contribution in [2.75, 3.05) is 13.1 Å². The molecule has 1 saturated heterocycles. The van der Waals surface area contributed by atoms with Crippen molar-refractivity contribution in [3.8, 4) is 0 Å². The molecule has 4 N–H and O–H groups in total. The fourth-order valence-electron chi connectivity index (χ4n) is 2.89. The average molecular weight is 378 g/mol. The third-order valence-corrected chi connectivity index (χ3v) is 4.25. The maximum Gasteiger partial charge on any atom is 0.410 e. The lowest BCUT2D eigenvalue weighted by atomic mass is 10.1. The van der Waals surface area contributed by atoms with E-state index in [0.29, 0.717) is 12.8 Å². The van der Waals surface area contributed by atoms with Crippen LogP contribution in [0.25, 0.3) is 0 Å². The topological polar surface area (TPSA) is 110 Å². The van der Waals surface area contributed by atoms with Crippen molar-refractivity contribution in [3.63, 3.8) is 0 Å². The summed E-state index contributed by atoms with van der Waals surface area (Å²) < 4.78 is 5.19. The highest BCUT2D eigenvalue weighted by molar-refractivity contribution is 5.68. The van der Waals surface area contributed by atoms with E-state index in [-0.39, 0.29) is 32.7 Å². The number of carbonyl (C=O) groups excluding carboxylic acids is 1.